The molecular weight excluding hydrogens is 380 g/mol. The van der Waals surface area contributed by atoms with E-state index >= 15 is 0 Å². The maximum atomic E-state index is 12.6. The lowest BCUT2D eigenvalue weighted by molar-refractivity contribution is -0.133. The van der Waals surface area contributed by atoms with E-state index in [4.69, 9.17) is 21.1 Å². The zero-order valence-corrected chi connectivity index (χ0v) is 16.5. The van der Waals surface area contributed by atoms with Crippen LogP contribution in [-0.4, -0.2) is 61.5 Å². The van der Waals surface area contributed by atoms with Crippen molar-refractivity contribution in [3.05, 3.63) is 59.1 Å². The summed E-state index contributed by atoms with van der Waals surface area (Å²) in [5, 5.41) is 0.644. The topological polar surface area (TPSA) is 59.1 Å². The van der Waals surface area contributed by atoms with Gasteiger partial charge in [0.25, 0.3) is 5.91 Å². The van der Waals surface area contributed by atoms with Crippen LogP contribution in [0, 0.1) is 0 Å². The van der Waals surface area contributed by atoms with Crippen LogP contribution >= 0.6 is 11.6 Å². The monoisotopic (exact) mass is 402 g/mol. The Kier molecular flexibility index (Phi) is 6.76. The number of halogens is 1. The molecular formula is C21H23ClN2O4. The van der Waals surface area contributed by atoms with Crippen LogP contribution in [0.1, 0.15) is 16.8 Å². The molecule has 1 aliphatic heterocycles. The van der Waals surface area contributed by atoms with Crippen LogP contribution in [0.4, 0.5) is 0 Å². The first kappa shape index (κ1) is 20.0. The molecule has 0 spiro atoms. The first-order valence-electron chi connectivity index (χ1n) is 9.16. The van der Waals surface area contributed by atoms with Crippen molar-refractivity contribution in [2.45, 2.75) is 6.42 Å². The molecule has 0 N–H and O–H groups in total. The average molecular weight is 403 g/mol. The van der Waals surface area contributed by atoms with Gasteiger partial charge in [-0.05, 0) is 48.5 Å². The second-order valence-electron chi connectivity index (χ2n) is 6.45. The number of methoxy groups -OCH3 is 1. The summed E-state index contributed by atoms with van der Waals surface area (Å²) < 4.78 is 10.7. The Bertz CT molecular complexity index is 800. The summed E-state index contributed by atoms with van der Waals surface area (Å²) in [6.45, 7) is 2.41. The van der Waals surface area contributed by atoms with Gasteiger partial charge in [-0.2, -0.15) is 0 Å². The van der Waals surface area contributed by atoms with E-state index in [-0.39, 0.29) is 11.8 Å². The molecule has 1 aliphatic rings. The standard InChI is InChI=1S/C21H23ClN2O4/c1-27-18-6-2-16(3-7-18)21(26)24-13-11-23(12-14-24)20(25)10-15-28-19-8-4-17(22)5-9-19/h2-9H,10-15H2,1H3. The van der Waals surface area contributed by atoms with Gasteiger partial charge in [0.1, 0.15) is 11.5 Å². The lowest BCUT2D eigenvalue weighted by Gasteiger charge is -2.35. The minimum Gasteiger partial charge on any atom is -0.497 e. The van der Waals surface area contributed by atoms with E-state index in [9.17, 15) is 9.59 Å². The van der Waals surface area contributed by atoms with Crippen molar-refractivity contribution in [1.82, 2.24) is 9.80 Å². The summed E-state index contributed by atoms with van der Waals surface area (Å²) in [4.78, 5) is 28.5. The first-order valence-corrected chi connectivity index (χ1v) is 9.54. The van der Waals surface area contributed by atoms with Gasteiger partial charge in [-0.25, -0.2) is 0 Å². The minimum absolute atomic E-state index is 0.0270. The third kappa shape index (κ3) is 5.16. The highest BCUT2D eigenvalue weighted by atomic mass is 35.5. The number of carbonyl (C=O) groups is 2. The lowest BCUT2D eigenvalue weighted by atomic mass is 10.1. The van der Waals surface area contributed by atoms with Crippen LogP contribution < -0.4 is 9.47 Å². The third-order valence-electron chi connectivity index (χ3n) is 4.65. The molecule has 0 atom stereocenters. The predicted octanol–water partition coefficient (Wildman–Crippen LogP) is 3.10. The third-order valence-corrected chi connectivity index (χ3v) is 4.91. The molecule has 6 nitrogen and oxygen atoms in total. The van der Waals surface area contributed by atoms with E-state index in [2.05, 4.69) is 0 Å². The maximum absolute atomic E-state index is 12.6. The summed E-state index contributed by atoms with van der Waals surface area (Å²) in [6.07, 6.45) is 0.301. The van der Waals surface area contributed by atoms with E-state index in [1.807, 2.05) is 0 Å². The fourth-order valence-electron chi connectivity index (χ4n) is 3.02. The number of carbonyl (C=O) groups excluding carboxylic acids is 2. The smallest absolute Gasteiger partial charge is 0.253 e. The number of hydrogen-bond acceptors (Lipinski definition) is 4. The number of rotatable bonds is 6. The van der Waals surface area contributed by atoms with E-state index in [1.165, 1.54) is 0 Å². The van der Waals surface area contributed by atoms with Gasteiger partial charge in [0.2, 0.25) is 5.91 Å². The average Bonchev–Trinajstić information content (AvgIpc) is 2.74. The van der Waals surface area contributed by atoms with E-state index in [0.717, 1.165) is 0 Å². The molecule has 0 aromatic heterocycles. The molecule has 0 unspecified atom stereocenters. The van der Waals surface area contributed by atoms with Crippen LogP contribution in [0.3, 0.4) is 0 Å². The summed E-state index contributed by atoms with van der Waals surface area (Å²) in [5.41, 5.74) is 0.622. The van der Waals surface area contributed by atoms with Crippen molar-refractivity contribution in [3.63, 3.8) is 0 Å². The normalized spacial score (nSPS) is 13.9. The van der Waals surface area contributed by atoms with Gasteiger partial charge in [0, 0.05) is 36.8 Å². The molecule has 3 rings (SSSR count). The van der Waals surface area contributed by atoms with Crippen molar-refractivity contribution in [2.75, 3.05) is 39.9 Å². The SMILES string of the molecule is COc1ccc(C(=O)N2CCN(C(=O)CCOc3ccc(Cl)cc3)CC2)cc1. The van der Waals surface area contributed by atoms with Crippen LogP contribution in [0.5, 0.6) is 11.5 Å². The zero-order valence-electron chi connectivity index (χ0n) is 15.8. The maximum Gasteiger partial charge on any atom is 0.253 e. The predicted molar refractivity (Wildman–Crippen MR) is 107 cm³/mol. The number of piperazine rings is 1. The molecule has 1 heterocycles. The summed E-state index contributed by atoms with van der Waals surface area (Å²) >= 11 is 5.83. The highest BCUT2D eigenvalue weighted by molar-refractivity contribution is 6.30. The number of nitrogens with zero attached hydrogens (tertiary/aromatic N) is 2. The Morgan fingerprint density at radius 2 is 1.46 bits per heavy atom. The molecule has 2 aromatic carbocycles. The molecule has 28 heavy (non-hydrogen) atoms. The van der Waals surface area contributed by atoms with E-state index < -0.39 is 0 Å². The molecule has 1 fully saturated rings. The largest absolute Gasteiger partial charge is 0.497 e. The fourth-order valence-corrected chi connectivity index (χ4v) is 3.15. The number of benzene rings is 2. The van der Waals surface area contributed by atoms with E-state index in [1.54, 1.807) is 65.4 Å². The Morgan fingerprint density at radius 1 is 0.893 bits per heavy atom. The van der Waals surface area contributed by atoms with Crippen molar-refractivity contribution in [3.8, 4) is 11.5 Å². The van der Waals surface area contributed by atoms with Gasteiger partial charge in [-0.1, -0.05) is 11.6 Å². The van der Waals surface area contributed by atoms with Crippen molar-refractivity contribution in [1.29, 1.82) is 0 Å². The minimum atomic E-state index is -0.0270. The number of ether oxygens (including phenoxy) is 2. The Hall–Kier alpha value is -2.73. The fraction of sp³-hybridized carbons (Fsp3) is 0.333. The van der Waals surface area contributed by atoms with Gasteiger partial charge < -0.3 is 19.3 Å². The van der Waals surface area contributed by atoms with Crippen LogP contribution in [0.25, 0.3) is 0 Å². The molecule has 0 radical (unpaired) electrons. The quantitative estimate of drug-likeness (QED) is 0.745. The second-order valence-corrected chi connectivity index (χ2v) is 6.89. The van der Waals surface area contributed by atoms with Gasteiger partial charge in [0.15, 0.2) is 0 Å². The van der Waals surface area contributed by atoms with Crippen molar-refractivity contribution >= 4 is 23.4 Å². The van der Waals surface area contributed by atoms with Crippen molar-refractivity contribution in [2.24, 2.45) is 0 Å². The molecule has 1 saturated heterocycles. The second kappa shape index (κ2) is 9.46. The molecule has 0 saturated carbocycles. The van der Waals surface area contributed by atoms with Gasteiger partial charge in [0.05, 0.1) is 20.1 Å². The first-order chi connectivity index (χ1) is 13.6. The number of hydrogen-bond donors (Lipinski definition) is 0. The van der Waals surface area contributed by atoms with E-state index in [0.29, 0.717) is 61.3 Å². The van der Waals surface area contributed by atoms with Gasteiger partial charge >= 0.3 is 0 Å². The highest BCUT2D eigenvalue weighted by Crippen LogP contribution is 2.17. The molecule has 2 amide bonds. The molecule has 0 bridgehead atoms. The van der Waals surface area contributed by atoms with Crippen LogP contribution in [0.2, 0.25) is 5.02 Å². The summed E-state index contributed by atoms with van der Waals surface area (Å²) in [7, 11) is 1.59. The van der Waals surface area contributed by atoms with Crippen LogP contribution in [-0.2, 0) is 4.79 Å². The summed E-state index contributed by atoms with van der Waals surface area (Å²) in [5.74, 6) is 1.41. The van der Waals surface area contributed by atoms with Crippen LogP contribution in [0.15, 0.2) is 48.5 Å². The Morgan fingerprint density at radius 3 is 2.07 bits per heavy atom. The highest BCUT2D eigenvalue weighted by Gasteiger charge is 2.24. The molecule has 148 valence electrons. The summed E-state index contributed by atoms with van der Waals surface area (Å²) in [6, 6.07) is 14.1. The van der Waals surface area contributed by atoms with Gasteiger partial charge in [-0.15, -0.1) is 0 Å². The lowest BCUT2D eigenvalue weighted by Crippen LogP contribution is -2.50. The molecule has 0 aliphatic carbocycles. The molecule has 7 heteroatoms. The zero-order chi connectivity index (χ0) is 19.9. The van der Waals surface area contributed by atoms with Crippen molar-refractivity contribution < 1.29 is 19.1 Å². The Balaban J connectivity index is 1.43. The molecule has 2 aromatic rings. The number of amides is 2. The Labute approximate surface area is 169 Å². The van der Waals surface area contributed by atoms with Gasteiger partial charge in [-0.3, -0.25) is 9.59 Å².